The first-order valence-electron chi connectivity index (χ1n) is 10.1. The lowest BCUT2D eigenvalue weighted by Crippen LogP contribution is -2.02. The number of hydrogen-bond donors (Lipinski definition) is 1. The molecule has 1 N–H and O–H groups in total. The van der Waals surface area contributed by atoms with E-state index in [1.165, 1.54) is 35.1 Å². The van der Waals surface area contributed by atoms with Crippen LogP contribution in [0, 0.1) is 0 Å². The van der Waals surface area contributed by atoms with Gasteiger partial charge in [-0.2, -0.15) is 0 Å². The molecule has 1 heteroatoms. The van der Waals surface area contributed by atoms with Crippen LogP contribution in [0.1, 0.15) is 57.1 Å². The minimum absolute atomic E-state index is 0.312. The van der Waals surface area contributed by atoms with Gasteiger partial charge in [0.2, 0.25) is 0 Å². The van der Waals surface area contributed by atoms with Crippen molar-refractivity contribution in [3.8, 4) is 28.0 Å². The molecule has 0 saturated heterocycles. The van der Waals surface area contributed by atoms with Crippen molar-refractivity contribution in [2.45, 2.75) is 52.4 Å². The Hall–Kier alpha value is -2.54. The zero-order valence-electron chi connectivity index (χ0n) is 16.7. The molecule has 0 aliphatic heterocycles. The minimum Gasteiger partial charge on any atom is -0.507 e. The van der Waals surface area contributed by atoms with Crippen molar-refractivity contribution in [3.63, 3.8) is 0 Å². The van der Waals surface area contributed by atoms with Crippen molar-refractivity contribution < 1.29 is 5.11 Å². The molecule has 0 unspecified atom stereocenters. The van der Waals surface area contributed by atoms with Crippen LogP contribution in [0.5, 0.6) is 5.75 Å². The average molecular weight is 359 g/mol. The molecule has 0 aromatic heterocycles. The molecule has 0 heterocycles. The van der Waals surface area contributed by atoms with Crippen LogP contribution in [-0.4, -0.2) is 5.11 Å². The van der Waals surface area contributed by atoms with Crippen molar-refractivity contribution in [1.82, 2.24) is 0 Å². The van der Waals surface area contributed by atoms with E-state index in [1.807, 2.05) is 24.3 Å². The van der Waals surface area contributed by atoms with Gasteiger partial charge in [0, 0.05) is 5.56 Å². The van der Waals surface area contributed by atoms with Crippen LogP contribution in [0.4, 0.5) is 0 Å². The highest BCUT2D eigenvalue weighted by atomic mass is 16.3. The first-order valence-corrected chi connectivity index (χ1v) is 10.1. The molecule has 140 valence electrons. The summed E-state index contributed by atoms with van der Waals surface area (Å²) < 4.78 is 0. The van der Waals surface area contributed by atoms with Gasteiger partial charge >= 0.3 is 0 Å². The van der Waals surface area contributed by atoms with Gasteiger partial charge in [-0.05, 0) is 52.6 Å². The van der Waals surface area contributed by atoms with E-state index in [1.54, 1.807) is 0 Å². The fraction of sp³-hybridized carbons (Fsp3) is 0.308. The molecule has 0 saturated carbocycles. The molecule has 0 fully saturated rings. The molecule has 0 aliphatic carbocycles. The standard InChI is InChI=1S/C26H30O/c1-4-5-8-17-22-18-23(27)26(21-15-11-7-12-16-21)24(19(2)3)25(22)20-13-9-6-10-14-20/h6-7,9-16,18-19,27H,4-5,8,17H2,1-3H3. The summed E-state index contributed by atoms with van der Waals surface area (Å²) in [5, 5.41) is 11.0. The Labute approximate surface area is 163 Å². The lowest BCUT2D eigenvalue weighted by Gasteiger charge is -2.23. The number of benzene rings is 3. The van der Waals surface area contributed by atoms with Gasteiger partial charge in [0.1, 0.15) is 5.75 Å². The topological polar surface area (TPSA) is 20.2 Å². The van der Waals surface area contributed by atoms with E-state index >= 15 is 0 Å². The van der Waals surface area contributed by atoms with Gasteiger partial charge in [0.05, 0.1) is 0 Å². The molecule has 0 aliphatic rings. The first kappa shape index (κ1) is 19.2. The van der Waals surface area contributed by atoms with Crippen LogP contribution in [-0.2, 0) is 6.42 Å². The normalized spacial score (nSPS) is 11.1. The van der Waals surface area contributed by atoms with Crippen LogP contribution in [0.2, 0.25) is 0 Å². The summed E-state index contributed by atoms with van der Waals surface area (Å²) in [6, 6.07) is 22.9. The second-order valence-electron chi connectivity index (χ2n) is 7.56. The van der Waals surface area contributed by atoms with Crippen molar-refractivity contribution >= 4 is 0 Å². The summed E-state index contributed by atoms with van der Waals surface area (Å²) in [7, 11) is 0. The maximum atomic E-state index is 11.0. The number of rotatable bonds is 7. The monoisotopic (exact) mass is 358 g/mol. The summed E-state index contributed by atoms with van der Waals surface area (Å²) >= 11 is 0. The van der Waals surface area contributed by atoms with E-state index in [0.29, 0.717) is 11.7 Å². The third-order valence-corrected chi connectivity index (χ3v) is 5.18. The lowest BCUT2D eigenvalue weighted by molar-refractivity contribution is 0.475. The highest BCUT2D eigenvalue weighted by Crippen LogP contribution is 2.45. The van der Waals surface area contributed by atoms with E-state index in [2.05, 4.69) is 63.2 Å². The summed E-state index contributed by atoms with van der Waals surface area (Å²) in [4.78, 5) is 0. The van der Waals surface area contributed by atoms with Gasteiger partial charge in [-0.1, -0.05) is 94.3 Å². The van der Waals surface area contributed by atoms with Gasteiger partial charge in [-0.25, -0.2) is 0 Å². The largest absolute Gasteiger partial charge is 0.507 e. The Kier molecular flexibility index (Phi) is 6.34. The van der Waals surface area contributed by atoms with Crippen LogP contribution >= 0.6 is 0 Å². The highest BCUT2D eigenvalue weighted by molar-refractivity contribution is 5.85. The molecule has 0 radical (unpaired) electrons. The lowest BCUT2D eigenvalue weighted by atomic mass is 9.81. The number of aryl methyl sites for hydroxylation is 1. The number of aromatic hydroxyl groups is 1. The molecule has 3 aromatic carbocycles. The van der Waals surface area contributed by atoms with Gasteiger partial charge in [0.25, 0.3) is 0 Å². The first-order chi connectivity index (χ1) is 13.1. The number of phenolic OH excluding ortho intramolecular Hbond substituents is 1. The minimum atomic E-state index is 0.312. The quantitative estimate of drug-likeness (QED) is 0.431. The van der Waals surface area contributed by atoms with Gasteiger partial charge in [0.15, 0.2) is 0 Å². The molecule has 0 bridgehead atoms. The SMILES string of the molecule is CCCCCc1cc(O)c(-c2ccccc2)c(C(C)C)c1-c1ccccc1. The second-order valence-corrected chi connectivity index (χ2v) is 7.56. The van der Waals surface area contributed by atoms with Crippen LogP contribution in [0.15, 0.2) is 66.7 Å². The average Bonchev–Trinajstić information content (AvgIpc) is 2.69. The second kappa shape index (κ2) is 8.90. The molecular formula is C26H30O. The zero-order valence-corrected chi connectivity index (χ0v) is 16.7. The summed E-state index contributed by atoms with van der Waals surface area (Å²) in [6.45, 7) is 6.68. The van der Waals surface area contributed by atoms with E-state index in [0.717, 1.165) is 24.0 Å². The smallest absolute Gasteiger partial charge is 0.124 e. The molecule has 0 atom stereocenters. The number of hydrogen-bond acceptors (Lipinski definition) is 1. The van der Waals surface area contributed by atoms with Crippen LogP contribution in [0.25, 0.3) is 22.3 Å². The Balaban J connectivity index is 2.28. The zero-order chi connectivity index (χ0) is 19.2. The van der Waals surface area contributed by atoms with E-state index in [9.17, 15) is 5.11 Å². The molecule has 27 heavy (non-hydrogen) atoms. The van der Waals surface area contributed by atoms with Crippen molar-refractivity contribution in [3.05, 3.63) is 77.9 Å². The molecule has 1 nitrogen and oxygen atoms in total. The fourth-order valence-corrected chi connectivity index (χ4v) is 3.94. The summed E-state index contributed by atoms with van der Waals surface area (Å²) in [5.41, 5.74) is 7.11. The Morgan fingerprint density at radius 2 is 1.33 bits per heavy atom. The molecule has 3 aromatic rings. The molecule has 0 amide bonds. The van der Waals surface area contributed by atoms with Crippen molar-refractivity contribution in [1.29, 1.82) is 0 Å². The summed E-state index contributed by atoms with van der Waals surface area (Å²) in [6.07, 6.45) is 4.57. The maximum Gasteiger partial charge on any atom is 0.124 e. The predicted octanol–water partition coefficient (Wildman–Crippen LogP) is 7.58. The maximum absolute atomic E-state index is 11.0. The Morgan fingerprint density at radius 3 is 1.85 bits per heavy atom. The number of phenols is 1. The fourth-order valence-electron chi connectivity index (χ4n) is 3.94. The number of unbranched alkanes of at least 4 members (excludes halogenated alkanes) is 2. The molecule has 0 spiro atoms. The predicted molar refractivity (Wildman–Crippen MR) is 116 cm³/mol. The van der Waals surface area contributed by atoms with E-state index in [4.69, 9.17) is 0 Å². The van der Waals surface area contributed by atoms with Crippen molar-refractivity contribution in [2.75, 3.05) is 0 Å². The summed E-state index contributed by atoms with van der Waals surface area (Å²) in [5.74, 6) is 0.712. The van der Waals surface area contributed by atoms with Crippen LogP contribution in [0.3, 0.4) is 0 Å². The van der Waals surface area contributed by atoms with E-state index in [-0.39, 0.29) is 0 Å². The Morgan fingerprint density at radius 1 is 0.778 bits per heavy atom. The van der Waals surface area contributed by atoms with Gasteiger partial charge in [-0.3, -0.25) is 0 Å². The third-order valence-electron chi connectivity index (χ3n) is 5.18. The van der Waals surface area contributed by atoms with Crippen molar-refractivity contribution in [2.24, 2.45) is 0 Å². The van der Waals surface area contributed by atoms with Gasteiger partial charge in [-0.15, -0.1) is 0 Å². The van der Waals surface area contributed by atoms with E-state index < -0.39 is 0 Å². The third kappa shape index (κ3) is 4.24. The molecular weight excluding hydrogens is 328 g/mol. The molecule has 3 rings (SSSR count). The van der Waals surface area contributed by atoms with Crippen LogP contribution < -0.4 is 0 Å². The highest BCUT2D eigenvalue weighted by Gasteiger charge is 2.22. The Bertz CT molecular complexity index is 864. The van der Waals surface area contributed by atoms with Gasteiger partial charge < -0.3 is 5.11 Å².